The molecule has 1 saturated carbocycles. The first-order chi connectivity index (χ1) is 5.86. The molecule has 0 bridgehead atoms. The summed E-state index contributed by atoms with van der Waals surface area (Å²) in [5.41, 5.74) is 0. The number of aliphatic hydroxyl groups is 1. The fraction of sp³-hybridized carbons (Fsp3) is 0.800. The van der Waals surface area contributed by atoms with Gasteiger partial charge in [0.15, 0.2) is 0 Å². The fourth-order valence-corrected chi connectivity index (χ4v) is 1.72. The highest BCUT2D eigenvalue weighted by Crippen LogP contribution is 2.23. The third-order valence-electron chi connectivity index (χ3n) is 2.52. The van der Waals surface area contributed by atoms with Crippen molar-refractivity contribution in [3.63, 3.8) is 0 Å². The second-order valence-electron chi connectivity index (χ2n) is 3.32. The Morgan fingerprint density at radius 3 is 2.50 bits per heavy atom. The molecule has 0 unspecified atom stereocenters. The number of nitrogens with one attached hydrogen (secondary N) is 1. The van der Waals surface area contributed by atoms with Crippen LogP contribution >= 0.6 is 0 Å². The average Bonchev–Trinajstić information content (AvgIpc) is 2.15. The van der Waals surface area contributed by atoms with Crippen molar-refractivity contribution >= 4 is 0 Å². The largest absolute Gasteiger partial charge is 0.384 e. The van der Waals surface area contributed by atoms with Gasteiger partial charge in [0.2, 0.25) is 0 Å². The molecule has 0 spiro atoms. The zero-order valence-electron chi connectivity index (χ0n) is 7.64. The van der Waals surface area contributed by atoms with Crippen LogP contribution in [0.25, 0.3) is 0 Å². The van der Waals surface area contributed by atoms with E-state index >= 15 is 0 Å². The van der Waals surface area contributed by atoms with Gasteiger partial charge in [-0.25, -0.2) is 0 Å². The van der Waals surface area contributed by atoms with Gasteiger partial charge in [0.25, 0.3) is 0 Å². The van der Waals surface area contributed by atoms with Crippen LogP contribution in [0.1, 0.15) is 25.7 Å². The van der Waals surface area contributed by atoms with Crippen molar-refractivity contribution in [1.82, 2.24) is 5.32 Å². The van der Waals surface area contributed by atoms with Gasteiger partial charge in [-0.1, -0.05) is 11.8 Å². The molecule has 0 amide bonds. The summed E-state index contributed by atoms with van der Waals surface area (Å²) in [5, 5.41) is 11.8. The summed E-state index contributed by atoms with van der Waals surface area (Å²) in [4.78, 5) is 0. The molecule has 12 heavy (non-hydrogen) atoms. The van der Waals surface area contributed by atoms with Crippen LogP contribution in [0, 0.1) is 17.8 Å². The zero-order valence-corrected chi connectivity index (χ0v) is 7.64. The van der Waals surface area contributed by atoms with Crippen molar-refractivity contribution < 1.29 is 5.11 Å². The maximum atomic E-state index is 8.51. The van der Waals surface area contributed by atoms with Gasteiger partial charge < -0.3 is 10.4 Å². The second kappa shape index (κ2) is 5.18. The van der Waals surface area contributed by atoms with E-state index in [1.807, 2.05) is 7.05 Å². The number of aliphatic hydroxyl groups excluding tert-OH is 1. The lowest BCUT2D eigenvalue weighted by atomic mass is 9.86. The molecule has 2 N–H and O–H groups in total. The van der Waals surface area contributed by atoms with Crippen LogP contribution in [0.3, 0.4) is 0 Å². The van der Waals surface area contributed by atoms with Crippen LogP contribution in [0.15, 0.2) is 0 Å². The lowest BCUT2D eigenvalue weighted by molar-refractivity contribution is 0.342. The van der Waals surface area contributed by atoms with E-state index in [1.54, 1.807) is 0 Å². The minimum absolute atomic E-state index is 0.00591. The van der Waals surface area contributed by atoms with E-state index in [1.165, 1.54) is 25.7 Å². The molecule has 0 heterocycles. The minimum atomic E-state index is 0.00591. The van der Waals surface area contributed by atoms with Gasteiger partial charge >= 0.3 is 0 Å². The molecule has 0 radical (unpaired) electrons. The first-order valence-electron chi connectivity index (χ1n) is 4.63. The average molecular weight is 167 g/mol. The van der Waals surface area contributed by atoms with Crippen molar-refractivity contribution in [2.75, 3.05) is 13.7 Å². The highest BCUT2D eigenvalue weighted by Gasteiger charge is 2.17. The molecule has 0 atom stereocenters. The Morgan fingerprint density at radius 2 is 2.00 bits per heavy atom. The predicted octanol–water partition coefficient (Wildman–Crippen LogP) is 0.760. The Morgan fingerprint density at radius 1 is 1.33 bits per heavy atom. The maximum absolute atomic E-state index is 8.51. The molecule has 0 saturated heterocycles. The van der Waals surface area contributed by atoms with Gasteiger partial charge in [0.05, 0.1) is 0 Å². The van der Waals surface area contributed by atoms with Gasteiger partial charge in [-0.05, 0) is 32.7 Å². The lowest BCUT2D eigenvalue weighted by Gasteiger charge is -2.24. The second-order valence-corrected chi connectivity index (χ2v) is 3.32. The van der Waals surface area contributed by atoms with Crippen LogP contribution in [-0.4, -0.2) is 24.8 Å². The summed E-state index contributed by atoms with van der Waals surface area (Å²) in [6.07, 6.45) is 4.81. The van der Waals surface area contributed by atoms with Gasteiger partial charge in [-0.15, -0.1) is 0 Å². The Hall–Kier alpha value is -0.520. The first kappa shape index (κ1) is 9.57. The van der Waals surface area contributed by atoms with Crippen molar-refractivity contribution in [3.8, 4) is 11.8 Å². The van der Waals surface area contributed by atoms with Crippen molar-refractivity contribution in [1.29, 1.82) is 0 Å². The molecule has 0 aliphatic heterocycles. The molecule has 1 aliphatic carbocycles. The third kappa shape index (κ3) is 2.84. The lowest BCUT2D eigenvalue weighted by Crippen LogP contribution is -2.29. The molecular weight excluding hydrogens is 150 g/mol. The Labute approximate surface area is 74.4 Å². The molecule has 1 aliphatic rings. The van der Waals surface area contributed by atoms with Crippen LogP contribution in [0.2, 0.25) is 0 Å². The molecule has 1 fully saturated rings. The van der Waals surface area contributed by atoms with Crippen LogP contribution < -0.4 is 5.32 Å². The number of hydrogen-bond acceptors (Lipinski definition) is 2. The van der Waals surface area contributed by atoms with Gasteiger partial charge in [0.1, 0.15) is 6.61 Å². The summed E-state index contributed by atoms with van der Waals surface area (Å²) in [6.45, 7) is 0.00591. The van der Waals surface area contributed by atoms with Gasteiger partial charge in [-0.3, -0.25) is 0 Å². The SMILES string of the molecule is CNC1CCC(C#CCO)CC1. The van der Waals surface area contributed by atoms with Crippen LogP contribution in [-0.2, 0) is 0 Å². The topological polar surface area (TPSA) is 32.3 Å². The highest BCUT2D eigenvalue weighted by molar-refractivity contribution is 5.05. The Balaban J connectivity index is 2.26. The molecule has 2 heteroatoms. The fourth-order valence-electron chi connectivity index (χ4n) is 1.72. The standard InChI is InChI=1S/C10H17NO/c1-11-10-6-4-9(5-7-10)3-2-8-12/h9-12H,4-8H2,1H3. The zero-order chi connectivity index (χ0) is 8.81. The van der Waals surface area contributed by atoms with E-state index in [2.05, 4.69) is 17.2 Å². The van der Waals surface area contributed by atoms with Crippen LogP contribution in [0.5, 0.6) is 0 Å². The van der Waals surface area contributed by atoms with Crippen molar-refractivity contribution in [3.05, 3.63) is 0 Å². The first-order valence-corrected chi connectivity index (χ1v) is 4.63. The molecule has 0 aromatic heterocycles. The van der Waals surface area contributed by atoms with Crippen LogP contribution in [0.4, 0.5) is 0 Å². The smallest absolute Gasteiger partial charge is 0.104 e. The van der Waals surface area contributed by atoms with E-state index in [-0.39, 0.29) is 6.61 Å². The Kier molecular flexibility index (Phi) is 4.13. The summed E-state index contributed by atoms with van der Waals surface area (Å²) in [6, 6.07) is 0.692. The van der Waals surface area contributed by atoms with E-state index in [4.69, 9.17) is 5.11 Å². The van der Waals surface area contributed by atoms with E-state index in [0.29, 0.717) is 12.0 Å². The monoisotopic (exact) mass is 167 g/mol. The Bertz CT molecular complexity index is 172. The normalized spacial score (nSPS) is 29.2. The minimum Gasteiger partial charge on any atom is -0.384 e. The molecule has 68 valence electrons. The number of hydrogen-bond donors (Lipinski definition) is 2. The molecule has 0 aromatic carbocycles. The summed E-state index contributed by atoms with van der Waals surface area (Å²) >= 11 is 0. The summed E-state index contributed by atoms with van der Waals surface area (Å²) in [5.74, 6) is 6.35. The maximum Gasteiger partial charge on any atom is 0.104 e. The van der Waals surface area contributed by atoms with Crippen molar-refractivity contribution in [2.45, 2.75) is 31.7 Å². The summed E-state index contributed by atoms with van der Waals surface area (Å²) in [7, 11) is 2.02. The molecule has 1 rings (SSSR count). The van der Waals surface area contributed by atoms with Crippen molar-refractivity contribution in [2.24, 2.45) is 5.92 Å². The third-order valence-corrected chi connectivity index (χ3v) is 2.52. The highest BCUT2D eigenvalue weighted by atomic mass is 16.2. The summed E-state index contributed by atoms with van der Waals surface area (Å²) < 4.78 is 0. The molecule has 0 aromatic rings. The van der Waals surface area contributed by atoms with E-state index in [9.17, 15) is 0 Å². The van der Waals surface area contributed by atoms with Gasteiger partial charge in [-0.2, -0.15) is 0 Å². The predicted molar refractivity (Wildman–Crippen MR) is 49.7 cm³/mol. The molecule has 2 nitrogen and oxygen atoms in total. The van der Waals surface area contributed by atoms with E-state index in [0.717, 1.165) is 0 Å². The van der Waals surface area contributed by atoms with Gasteiger partial charge in [0, 0.05) is 12.0 Å². The molecular formula is C10H17NO. The number of rotatable bonds is 1. The quantitative estimate of drug-likeness (QED) is 0.565. The van der Waals surface area contributed by atoms with E-state index < -0.39 is 0 Å².